The fourth-order valence-electron chi connectivity index (χ4n) is 5.99. The van der Waals surface area contributed by atoms with Gasteiger partial charge in [0.05, 0.1) is 19.7 Å². The molecule has 4 rings (SSSR count). The van der Waals surface area contributed by atoms with Crippen LogP contribution in [0.3, 0.4) is 0 Å². The van der Waals surface area contributed by atoms with Crippen LogP contribution in [0.25, 0.3) is 0 Å². The number of fused-ring (bicyclic) bond motifs is 2. The van der Waals surface area contributed by atoms with Gasteiger partial charge in [0.2, 0.25) is 0 Å². The van der Waals surface area contributed by atoms with Crippen LogP contribution in [0, 0.1) is 23.2 Å². The van der Waals surface area contributed by atoms with Crippen LogP contribution in [-0.4, -0.2) is 38.6 Å². The van der Waals surface area contributed by atoms with E-state index in [1.54, 1.807) is 4.90 Å². The molecule has 2 saturated heterocycles. The van der Waals surface area contributed by atoms with E-state index >= 15 is 0 Å². The largest absolute Gasteiger partial charge is 0.350 e. The lowest BCUT2D eigenvalue weighted by Gasteiger charge is -2.39. The van der Waals surface area contributed by atoms with E-state index < -0.39 is 0 Å². The molecule has 2 bridgehead atoms. The number of piperidine rings is 1. The van der Waals surface area contributed by atoms with Crippen LogP contribution in [0.5, 0.6) is 0 Å². The Morgan fingerprint density at radius 3 is 2.64 bits per heavy atom. The molecular weight excluding hydrogens is 274 g/mol. The molecule has 2 heterocycles. The fourth-order valence-corrected chi connectivity index (χ4v) is 5.99. The number of rotatable bonds is 4. The van der Waals surface area contributed by atoms with Crippen molar-refractivity contribution >= 4 is 0 Å². The molecule has 0 aromatic heterocycles. The van der Waals surface area contributed by atoms with E-state index in [4.69, 9.17) is 9.47 Å². The summed E-state index contributed by atoms with van der Waals surface area (Å²) in [6, 6.07) is 0. The Kier molecular flexibility index (Phi) is 4.25. The van der Waals surface area contributed by atoms with Gasteiger partial charge in [0.1, 0.15) is 12.6 Å². The molecule has 4 aliphatic rings. The number of quaternary nitrogens is 1. The van der Waals surface area contributed by atoms with Gasteiger partial charge >= 0.3 is 0 Å². The van der Waals surface area contributed by atoms with Gasteiger partial charge in [0.15, 0.2) is 6.29 Å². The van der Waals surface area contributed by atoms with E-state index in [-0.39, 0.29) is 6.29 Å². The van der Waals surface area contributed by atoms with E-state index in [2.05, 4.69) is 13.8 Å². The average Bonchev–Trinajstić information content (AvgIpc) is 3.19. The molecule has 1 N–H and O–H groups in total. The molecule has 0 aromatic carbocycles. The highest BCUT2D eigenvalue weighted by molar-refractivity contribution is 5.01. The summed E-state index contributed by atoms with van der Waals surface area (Å²) in [6.45, 7) is 9.65. The lowest BCUT2D eigenvalue weighted by Crippen LogP contribution is -3.13. The van der Waals surface area contributed by atoms with Crippen molar-refractivity contribution in [1.29, 1.82) is 0 Å². The maximum Gasteiger partial charge on any atom is 0.158 e. The van der Waals surface area contributed by atoms with Crippen molar-refractivity contribution in [2.24, 2.45) is 23.2 Å². The highest BCUT2D eigenvalue weighted by Gasteiger charge is 2.53. The van der Waals surface area contributed by atoms with Gasteiger partial charge in [-0.15, -0.1) is 0 Å². The molecular formula is C19H34NO2+. The summed E-state index contributed by atoms with van der Waals surface area (Å²) < 4.78 is 12.3. The predicted octanol–water partition coefficient (Wildman–Crippen LogP) is 2.26. The number of hydrogen-bond acceptors (Lipinski definition) is 2. The molecule has 0 radical (unpaired) electrons. The molecule has 3 nitrogen and oxygen atoms in total. The van der Waals surface area contributed by atoms with E-state index in [1.807, 2.05) is 0 Å². The van der Waals surface area contributed by atoms with Crippen molar-refractivity contribution in [1.82, 2.24) is 0 Å². The molecule has 4 fully saturated rings. The molecule has 22 heavy (non-hydrogen) atoms. The topological polar surface area (TPSA) is 22.9 Å². The Hall–Kier alpha value is -0.120. The first-order valence-electron chi connectivity index (χ1n) is 9.73. The van der Waals surface area contributed by atoms with Gasteiger partial charge < -0.3 is 14.4 Å². The van der Waals surface area contributed by atoms with Crippen LogP contribution in [0.15, 0.2) is 0 Å². The SMILES string of the molecule is CC1(C)[C@@H]2CC[C@@H](C2)[C@@H]1C[C@H]1OC[C@H](C[NH+]2CCCCC2)O1. The van der Waals surface area contributed by atoms with Crippen molar-refractivity contribution < 1.29 is 14.4 Å². The molecule has 0 unspecified atom stereocenters. The van der Waals surface area contributed by atoms with E-state index in [0.29, 0.717) is 11.5 Å². The number of hydrogen-bond donors (Lipinski definition) is 1. The Morgan fingerprint density at radius 2 is 1.91 bits per heavy atom. The second kappa shape index (κ2) is 6.07. The van der Waals surface area contributed by atoms with Crippen molar-refractivity contribution in [3.63, 3.8) is 0 Å². The van der Waals surface area contributed by atoms with Crippen molar-refractivity contribution in [2.45, 2.75) is 71.2 Å². The normalized spacial score (nSPS) is 44.7. The smallest absolute Gasteiger partial charge is 0.158 e. The van der Waals surface area contributed by atoms with Gasteiger partial charge in [0, 0.05) is 6.42 Å². The summed E-state index contributed by atoms with van der Waals surface area (Å²) in [5.41, 5.74) is 0.506. The Morgan fingerprint density at radius 1 is 1.09 bits per heavy atom. The minimum atomic E-state index is 0.0813. The quantitative estimate of drug-likeness (QED) is 0.861. The minimum Gasteiger partial charge on any atom is -0.350 e. The van der Waals surface area contributed by atoms with Crippen molar-refractivity contribution in [3.8, 4) is 0 Å². The van der Waals surface area contributed by atoms with Gasteiger partial charge in [-0.1, -0.05) is 13.8 Å². The molecule has 2 aliphatic carbocycles. The molecule has 3 heteroatoms. The lowest BCUT2D eigenvalue weighted by atomic mass is 9.67. The highest BCUT2D eigenvalue weighted by Crippen LogP contribution is 2.60. The van der Waals surface area contributed by atoms with Gasteiger partial charge in [-0.05, 0) is 61.7 Å². The Bertz CT molecular complexity index is 391. The second-order valence-electron chi connectivity index (χ2n) is 8.97. The molecule has 0 aromatic rings. The monoisotopic (exact) mass is 308 g/mol. The van der Waals surface area contributed by atoms with Crippen LogP contribution in [0.4, 0.5) is 0 Å². The Labute approximate surface area is 135 Å². The van der Waals surface area contributed by atoms with Crippen LogP contribution in [0.1, 0.15) is 58.8 Å². The zero-order valence-corrected chi connectivity index (χ0v) is 14.5. The van der Waals surface area contributed by atoms with Crippen LogP contribution >= 0.6 is 0 Å². The van der Waals surface area contributed by atoms with Crippen LogP contribution in [-0.2, 0) is 9.47 Å². The van der Waals surface area contributed by atoms with Gasteiger partial charge in [-0.25, -0.2) is 0 Å². The molecule has 126 valence electrons. The van der Waals surface area contributed by atoms with Crippen LogP contribution < -0.4 is 4.90 Å². The summed E-state index contributed by atoms with van der Waals surface area (Å²) in [6.07, 6.45) is 10.2. The fraction of sp³-hybridized carbons (Fsp3) is 1.00. The third-order valence-corrected chi connectivity index (χ3v) is 7.39. The van der Waals surface area contributed by atoms with Crippen LogP contribution in [0.2, 0.25) is 0 Å². The number of nitrogens with one attached hydrogen (secondary N) is 1. The second-order valence-corrected chi connectivity index (χ2v) is 8.97. The standard InChI is InChI=1S/C19H33NO2/c1-19(2)15-7-6-14(10-15)17(19)11-18-21-13-16(22-18)12-20-8-4-3-5-9-20/h14-18H,3-13H2,1-2H3/p+1/t14-,15+,16-,17-,18-/m0/s1. The third-order valence-electron chi connectivity index (χ3n) is 7.39. The molecule has 2 saturated carbocycles. The lowest BCUT2D eigenvalue weighted by molar-refractivity contribution is -0.907. The minimum absolute atomic E-state index is 0.0813. The number of likely N-dealkylation sites (tertiary alicyclic amines) is 1. The van der Waals surface area contributed by atoms with Gasteiger partial charge in [0.25, 0.3) is 0 Å². The zero-order valence-electron chi connectivity index (χ0n) is 14.5. The van der Waals surface area contributed by atoms with E-state index in [9.17, 15) is 0 Å². The first-order chi connectivity index (χ1) is 10.6. The van der Waals surface area contributed by atoms with Crippen molar-refractivity contribution in [2.75, 3.05) is 26.2 Å². The third kappa shape index (κ3) is 2.85. The molecule has 2 aliphatic heterocycles. The summed E-state index contributed by atoms with van der Waals surface area (Å²) in [7, 11) is 0. The first-order valence-corrected chi connectivity index (χ1v) is 9.73. The zero-order chi connectivity index (χ0) is 15.2. The van der Waals surface area contributed by atoms with E-state index in [1.165, 1.54) is 51.6 Å². The predicted molar refractivity (Wildman–Crippen MR) is 86.7 cm³/mol. The number of ether oxygens (including phenoxy) is 2. The van der Waals surface area contributed by atoms with Gasteiger partial charge in [-0.3, -0.25) is 0 Å². The highest BCUT2D eigenvalue weighted by atomic mass is 16.7. The Balaban J connectivity index is 1.28. The molecule has 0 spiro atoms. The summed E-state index contributed by atoms with van der Waals surface area (Å²) >= 11 is 0. The average molecular weight is 308 g/mol. The van der Waals surface area contributed by atoms with Gasteiger partial charge in [-0.2, -0.15) is 0 Å². The molecule has 0 amide bonds. The van der Waals surface area contributed by atoms with Crippen molar-refractivity contribution in [3.05, 3.63) is 0 Å². The summed E-state index contributed by atoms with van der Waals surface area (Å²) in [4.78, 5) is 1.74. The maximum absolute atomic E-state index is 6.28. The maximum atomic E-state index is 6.28. The van der Waals surface area contributed by atoms with E-state index in [0.717, 1.165) is 37.3 Å². The molecule has 5 atom stereocenters. The summed E-state index contributed by atoms with van der Waals surface area (Å²) in [5, 5.41) is 0. The summed E-state index contributed by atoms with van der Waals surface area (Å²) in [5.74, 6) is 2.72. The first kappa shape index (κ1) is 15.4.